The molecule has 0 atom stereocenters. The molecule has 28 heavy (non-hydrogen) atoms. The monoisotopic (exact) mass is 394 g/mol. The van der Waals surface area contributed by atoms with Crippen LogP contribution in [0.15, 0.2) is 0 Å². The van der Waals surface area contributed by atoms with Crippen LogP contribution in [0.1, 0.15) is 148 Å². The Kier molecular flexibility index (Phi) is 18.0. The Hall–Kier alpha value is -0.530. The molecule has 0 bridgehead atoms. The van der Waals surface area contributed by atoms with Crippen molar-refractivity contribution in [1.82, 2.24) is 0 Å². The predicted molar refractivity (Wildman–Crippen MR) is 122 cm³/mol. The molecule has 0 radical (unpaired) electrons. The second-order valence-corrected chi connectivity index (χ2v) is 9.23. The van der Waals surface area contributed by atoms with Gasteiger partial charge in [0, 0.05) is 6.42 Å². The van der Waals surface area contributed by atoms with Crippen molar-refractivity contribution in [2.24, 2.45) is 5.92 Å². The lowest BCUT2D eigenvalue weighted by Crippen LogP contribution is -2.14. The van der Waals surface area contributed by atoms with Gasteiger partial charge in [-0.2, -0.15) is 0 Å². The molecule has 0 aromatic rings. The molecule has 1 fully saturated rings. The predicted octanol–water partition coefficient (Wildman–Crippen LogP) is 8.76. The van der Waals surface area contributed by atoms with Crippen LogP contribution in [-0.4, -0.2) is 12.6 Å². The quantitative estimate of drug-likeness (QED) is 0.162. The van der Waals surface area contributed by atoms with Crippen molar-refractivity contribution in [2.75, 3.05) is 6.61 Å². The van der Waals surface area contributed by atoms with Gasteiger partial charge in [-0.15, -0.1) is 0 Å². The Morgan fingerprint density at radius 2 is 1.07 bits per heavy atom. The van der Waals surface area contributed by atoms with E-state index in [1.54, 1.807) is 0 Å². The minimum absolute atomic E-state index is 0.0489. The van der Waals surface area contributed by atoms with E-state index < -0.39 is 0 Å². The van der Waals surface area contributed by atoms with Crippen LogP contribution in [0.2, 0.25) is 0 Å². The molecule has 2 nitrogen and oxygen atoms in total. The van der Waals surface area contributed by atoms with Crippen molar-refractivity contribution in [3.05, 3.63) is 0 Å². The van der Waals surface area contributed by atoms with E-state index in [4.69, 9.17) is 4.74 Å². The summed E-state index contributed by atoms with van der Waals surface area (Å²) in [6.07, 6.45) is 29.1. The van der Waals surface area contributed by atoms with Crippen molar-refractivity contribution < 1.29 is 9.53 Å². The molecule has 0 aromatic heterocycles. The number of unbranched alkanes of at least 4 members (excludes halogenated alkanes) is 15. The van der Waals surface area contributed by atoms with Crippen LogP contribution >= 0.6 is 0 Å². The van der Waals surface area contributed by atoms with E-state index in [1.807, 2.05) is 0 Å². The molecule has 1 saturated carbocycles. The van der Waals surface area contributed by atoms with Gasteiger partial charge in [-0.3, -0.25) is 4.79 Å². The SMILES string of the molecule is CCCCCCCCCCCCCCCCCCOC(=O)CC1CCCCC1. The highest BCUT2D eigenvalue weighted by atomic mass is 16.5. The fourth-order valence-electron chi connectivity index (χ4n) is 4.52. The van der Waals surface area contributed by atoms with Crippen LogP contribution in [0, 0.1) is 5.92 Å². The summed E-state index contributed by atoms with van der Waals surface area (Å²) in [6, 6.07) is 0. The fourth-order valence-corrected chi connectivity index (χ4v) is 4.52. The number of ether oxygens (including phenoxy) is 1. The molecule has 1 aliphatic carbocycles. The highest BCUT2D eigenvalue weighted by Crippen LogP contribution is 2.26. The standard InChI is InChI=1S/C26H50O2/c1-2-3-4-5-6-7-8-9-10-11-12-13-14-15-16-20-23-28-26(27)24-25-21-18-17-19-22-25/h25H,2-24H2,1H3. The number of hydrogen-bond acceptors (Lipinski definition) is 2. The van der Waals surface area contributed by atoms with Crippen molar-refractivity contribution in [2.45, 2.75) is 148 Å². The van der Waals surface area contributed by atoms with Gasteiger partial charge in [0.1, 0.15) is 0 Å². The van der Waals surface area contributed by atoms with Crippen molar-refractivity contribution in [3.8, 4) is 0 Å². The van der Waals surface area contributed by atoms with Gasteiger partial charge < -0.3 is 4.74 Å². The highest BCUT2D eigenvalue weighted by molar-refractivity contribution is 5.69. The van der Waals surface area contributed by atoms with E-state index >= 15 is 0 Å². The zero-order chi connectivity index (χ0) is 20.1. The van der Waals surface area contributed by atoms with E-state index in [0.717, 1.165) is 6.42 Å². The molecule has 166 valence electrons. The van der Waals surface area contributed by atoms with E-state index in [9.17, 15) is 4.79 Å². The summed E-state index contributed by atoms with van der Waals surface area (Å²) in [5, 5.41) is 0. The normalized spacial score (nSPS) is 15.0. The second kappa shape index (κ2) is 19.8. The molecule has 2 heteroatoms. The first-order valence-corrected chi connectivity index (χ1v) is 13.0. The maximum Gasteiger partial charge on any atom is 0.306 e. The molecule has 1 rings (SSSR count). The fraction of sp³-hybridized carbons (Fsp3) is 0.962. The van der Waals surface area contributed by atoms with Gasteiger partial charge in [0.05, 0.1) is 6.61 Å². The van der Waals surface area contributed by atoms with Gasteiger partial charge in [-0.05, 0) is 25.2 Å². The number of carbonyl (C=O) groups excluding carboxylic acids is 1. The zero-order valence-corrected chi connectivity index (χ0v) is 19.2. The van der Waals surface area contributed by atoms with Crippen molar-refractivity contribution in [3.63, 3.8) is 0 Å². The molecular formula is C26H50O2. The molecule has 0 N–H and O–H groups in total. The summed E-state index contributed by atoms with van der Waals surface area (Å²) in [5.74, 6) is 0.653. The number of rotatable bonds is 19. The maximum absolute atomic E-state index is 11.8. The van der Waals surface area contributed by atoms with Gasteiger partial charge in [-0.1, -0.05) is 122 Å². The van der Waals surface area contributed by atoms with E-state index in [-0.39, 0.29) is 5.97 Å². The maximum atomic E-state index is 11.8. The minimum atomic E-state index is 0.0489. The van der Waals surface area contributed by atoms with Crippen LogP contribution in [0.4, 0.5) is 0 Å². The minimum Gasteiger partial charge on any atom is -0.466 e. The first kappa shape index (κ1) is 25.5. The van der Waals surface area contributed by atoms with Crippen LogP contribution in [0.3, 0.4) is 0 Å². The molecule has 0 saturated heterocycles. The molecule has 1 aliphatic rings. The van der Waals surface area contributed by atoms with Crippen LogP contribution < -0.4 is 0 Å². The molecule has 0 aliphatic heterocycles. The Bertz CT molecular complexity index is 333. The highest BCUT2D eigenvalue weighted by Gasteiger charge is 2.17. The molecule has 0 unspecified atom stereocenters. The third-order valence-electron chi connectivity index (χ3n) is 6.44. The average molecular weight is 395 g/mol. The van der Waals surface area contributed by atoms with Crippen molar-refractivity contribution >= 4 is 5.97 Å². The van der Waals surface area contributed by atoms with Crippen molar-refractivity contribution in [1.29, 1.82) is 0 Å². The third-order valence-corrected chi connectivity index (χ3v) is 6.44. The number of hydrogen-bond donors (Lipinski definition) is 0. The Morgan fingerprint density at radius 3 is 1.54 bits per heavy atom. The number of carbonyl (C=O) groups is 1. The Morgan fingerprint density at radius 1 is 0.643 bits per heavy atom. The molecule has 0 spiro atoms. The Balaban J connectivity index is 1.71. The van der Waals surface area contributed by atoms with Crippen LogP contribution in [0.5, 0.6) is 0 Å². The molecular weight excluding hydrogens is 344 g/mol. The summed E-state index contributed by atoms with van der Waals surface area (Å²) in [6.45, 7) is 2.93. The molecule has 0 aromatic carbocycles. The van der Waals surface area contributed by atoms with Gasteiger partial charge >= 0.3 is 5.97 Å². The topological polar surface area (TPSA) is 26.3 Å². The summed E-state index contributed by atoms with van der Waals surface area (Å²) in [7, 11) is 0. The Labute approximate surface area is 176 Å². The van der Waals surface area contributed by atoms with Crippen LogP contribution in [0.25, 0.3) is 0 Å². The molecule has 0 amide bonds. The summed E-state index contributed by atoms with van der Waals surface area (Å²) in [5.41, 5.74) is 0. The smallest absolute Gasteiger partial charge is 0.306 e. The van der Waals surface area contributed by atoms with E-state index in [0.29, 0.717) is 18.9 Å². The first-order chi connectivity index (χ1) is 13.8. The number of esters is 1. The summed E-state index contributed by atoms with van der Waals surface area (Å²) in [4.78, 5) is 11.8. The lowest BCUT2D eigenvalue weighted by molar-refractivity contribution is -0.145. The van der Waals surface area contributed by atoms with Gasteiger partial charge in [-0.25, -0.2) is 0 Å². The van der Waals surface area contributed by atoms with E-state index in [2.05, 4.69) is 6.92 Å². The summed E-state index contributed by atoms with van der Waals surface area (Å²) < 4.78 is 5.42. The lowest BCUT2D eigenvalue weighted by atomic mass is 9.87. The van der Waals surface area contributed by atoms with Gasteiger partial charge in [0.15, 0.2) is 0 Å². The second-order valence-electron chi connectivity index (χ2n) is 9.23. The van der Waals surface area contributed by atoms with E-state index in [1.165, 1.54) is 128 Å². The zero-order valence-electron chi connectivity index (χ0n) is 19.2. The average Bonchev–Trinajstić information content (AvgIpc) is 2.71. The van der Waals surface area contributed by atoms with Crippen LogP contribution in [-0.2, 0) is 9.53 Å². The lowest BCUT2D eigenvalue weighted by Gasteiger charge is -2.20. The van der Waals surface area contributed by atoms with Gasteiger partial charge in [0.2, 0.25) is 0 Å². The van der Waals surface area contributed by atoms with Gasteiger partial charge in [0.25, 0.3) is 0 Å². The third kappa shape index (κ3) is 16.4. The first-order valence-electron chi connectivity index (χ1n) is 13.0. The largest absolute Gasteiger partial charge is 0.466 e. The molecule has 0 heterocycles. The summed E-state index contributed by atoms with van der Waals surface area (Å²) >= 11 is 0.